The van der Waals surface area contributed by atoms with Gasteiger partial charge in [-0.3, -0.25) is 4.79 Å². The monoisotopic (exact) mass is 442 g/mol. The second kappa shape index (κ2) is 8.79. The topological polar surface area (TPSA) is 90.3 Å². The minimum atomic E-state index is -3.93. The smallest absolute Gasteiger partial charge is 0.255 e. The SMILES string of the molecule is C=C1CN(S(=O)(=O)c2ccc(C(=O)Nc3[c]cccc3)cc2)C(CC#N)c2ccccc21. The van der Waals surface area contributed by atoms with Crippen LogP contribution in [0.25, 0.3) is 5.57 Å². The normalized spacial score (nSPS) is 16.1. The van der Waals surface area contributed by atoms with Crippen molar-refractivity contribution in [2.75, 3.05) is 11.9 Å². The zero-order valence-corrected chi connectivity index (χ0v) is 18.0. The van der Waals surface area contributed by atoms with Crippen LogP contribution in [-0.2, 0) is 10.0 Å². The van der Waals surface area contributed by atoms with Gasteiger partial charge in [-0.05, 0) is 47.0 Å². The van der Waals surface area contributed by atoms with Crippen LogP contribution in [0.5, 0.6) is 0 Å². The molecule has 1 radical (unpaired) electrons. The molecule has 1 unspecified atom stereocenters. The van der Waals surface area contributed by atoms with Crippen LogP contribution in [0, 0.1) is 17.4 Å². The van der Waals surface area contributed by atoms with E-state index in [1.54, 1.807) is 24.3 Å². The number of benzene rings is 3. The molecule has 0 aromatic heterocycles. The fourth-order valence-corrected chi connectivity index (χ4v) is 5.38. The van der Waals surface area contributed by atoms with Crippen LogP contribution in [0.1, 0.15) is 33.9 Å². The number of hydrogen-bond donors (Lipinski definition) is 1. The predicted molar refractivity (Wildman–Crippen MR) is 122 cm³/mol. The highest BCUT2D eigenvalue weighted by Crippen LogP contribution is 2.39. The molecule has 6 nitrogen and oxygen atoms in total. The Kier molecular flexibility index (Phi) is 5.91. The van der Waals surface area contributed by atoms with Crippen LogP contribution in [0.15, 0.2) is 84.3 Å². The minimum Gasteiger partial charge on any atom is -0.321 e. The van der Waals surface area contributed by atoms with Crippen molar-refractivity contribution in [1.29, 1.82) is 5.26 Å². The Balaban J connectivity index is 1.62. The first-order valence-electron chi connectivity index (χ1n) is 9.96. The van der Waals surface area contributed by atoms with E-state index in [0.29, 0.717) is 16.8 Å². The molecule has 0 saturated carbocycles. The number of carbonyl (C=O) groups is 1. The van der Waals surface area contributed by atoms with Gasteiger partial charge in [-0.25, -0.2) is 8.42 Å². The van der Waals surface area contributed by atoms with Crippen LogP contribution in [-0.4, -0.2) is 25.2 Å². The summed E-state index contributed by atoms with van der Waals surface area (Å²) in [5, 5.41) is 12.1. The molecule has 7 heteroatoms. The Morgan fingerprint density at radius 2 is 1.84 bits per heavy atom. The molecule has 3 aromatic carbocycles. The molecule has 1 amide bonds. The van der Waals surface area contributed by atoms with Crippen LogP contribution in [0.2, 0.25) is 0 Å². The number of rotatable bonds is 5. The van der Waals surface area contributed by atoms with Gasteiger partial charge >= 0.3 is 0 Å². The number of amides is 1. The molecule has 4 rings (SSSR count). The lowest BCUT2D eigenvalue weighted by atomic mass is 9.90. The van der Waals surface area contributed by atoms with Crippen LogP contribution in [0.4, 0.5) is 5.69 Å². The van der Waals surface area contributed by atoms with Crippen LogP contribution in [0.3, 0.4) is 0 Å². The lowest BCUT2D eigenvalue weighted by Gasteiger charge is -2.36. The molecule has 1 aliphatic rings. The number of hydrogen-bond acceptors (Lipinski definition) is 4. The molecule has 0 bridgehead atoms. The fourth-order valence-electron chi connectivity index (χ4n) is 3.78. The second-order valence-electron chi connectivity index (χ2n) is 7.37. The molecule has 3 aromatic rings. The number of nitrogens with one attached hydrogen (secondary N) is 1. The average molecular weight is 443 g/mol. The number of nitrogens with zero attached hydrogens (tertiary/aromatic N) is 2. The maximum Gasteiger partial charge on any atom is 0.255 e. The summed E-state index contributed by atoms with van der Waals surface area (Å²) in [5.74, 6) is -0.362. The number of para-hydroxylation sites is 1. The van der Waals surface area contributed by atoms with Crippen molar-refractivity contribution in [3.63, 3.8) is 0 Å². The van der Waals surface area contributed by atoms with Crippen molar-refractivity contribution < 1.29 is 13.2 Å². The Labute approximate surface area is 187 Å². The molecule has 159 valence electrons. The Morgan fingerprint density at radius 3 is 2.53 bits per heavy atom. The van der Waals surface area contributed by atoms with Gasteiger partial charge in [0.1, 0.15) is 0 Å². The quantitative estimate of drug-likeness (QED) is 0.634. The molecule has 1 heterocycles. The molecule has 1 aliphatic heterocycles. The standard InChI is InChI=1S/C25H20N3O3S/c1-18-17-28(24(15-16-26)23-10-6-5-9-22(18)23)32(30,31)21-13-11-19(12-14-21)25(29)27-20-7-3-2-4-8-20/h2-7,9-14,24H,1,15,17H2,(H,27,29). The summed E-state index contributed by atoms with van der Waals surface area (Å²) in [6.45, 7) is 4.13. The Hall–Kier alpha value is -3.73. The molecule has 0 aliphatic carbocycles. The van der Waals surface area contributed by atoms with Gasteiger partial charge in [0.15, 0.2) is 0 Å². The number of nitriles is 1. The summed E-state index contributed by atoms with van der Waals surface area (Å²) in [5.41, 5.74) is 3.17. The van der Waals surface area contributed by atoms with Gasteiger partial charge in [-0.15, -0.1) is 0 Å². The van der Waals surface area contributed by atoms with Gasteiger partial charge in [-0.1, -0.05) is 49.0 Å². The zero-order chi connectivity index (χ0) is 22.7. The highest BCUT2D eigenvalue weighted by Gasteiger charge is 2.37. The van der Waals surface area contributed by atoms with E-state index in [2.05, 4.69) is 24.0 Å². The van der Waals surface area contributed by atoms with Gasteiger partial charge in [0.25, 0.3) is 5.91 Å². The molecule has 0 saturated heterocycles. The number of fused-ring (bicyclic) bond motifs is 1. The highest BCUT2D eigenvalue weighted by molar-refractivity contribution is 7.89. The maximum absolute atomic E-state index is 13.5. The fraction of sp³-hybridized carbons (Fsp3) is 0.120. The predicted octanol–water partition coefficient (Wildman–Crippen LogP) is 4.41. The maximum atomic E-state index is 13.5. The molecule has 1 N–H and O–H groups in total. The second-order valence-corrected chi connectivity index (χ2v) is 9.26. The highest BCUT2D eigenvalue weighted by atomic mass is 32.2. The van der Waals surface area contributed by atoms with Crippen molar-refractivity contribution in [2.24, 2.45) is 0 Å². The number of carbonyl (C=O) groups excluding carboxylic acids is 1. The lowest BCUT2D eigenvalue weighted by molar-refractivity contribution is 0.102. The summed E-state index contributed by atoms with van der Waals surface area (Å²) in [4.78, 5) is 12.5. The van der Waals surface area contributed by atoms with Gasteiger partial charge in [0, 0.05) is 23.9 Å². The third-order valence-corrected chi connectivity index (χ3v) is 7.23. The van der Waals surface area contributed by atoms with Crippen molar-refractivity contribution in [1.82, 2.24) is 4.31 Å². The van der Waals surface area contributed by atoms with E-state index < -0.39 is 16.1 Å². The van der Waals surface area contributed by atoms with E-state index in [9.17, 15) is 18.5 Å². The number of sulfonamides is 1. The van der Waals surface area contributed by atoms with E-state index in [0.717, 1.165) is 11.1 Å². The Morgan fingerprint density at radius 1 is 1.12 bits per heavy atom. The number of anilines is 1. The average Bonchev–Trinajstić information content (AvgIpc) is 2.81. The zero-order valence-electron chi connectivity index (χ0n) is 17.2. The lowest BCUT2D eigenvalue weighted by Crippen LogP contribution is -2.39. The largest absolute Gasteiger partial charge is 0.321 e. The summed E-state index contributed by atoms with van der Waals surface area (Å²) in [6.07, 6.45) is 0.0254. The summed E-state index contributed by atoms with van der Waals surface area (Å²) in [6, 6.07) is 24.6. The summed E-state index contributed by atoms with van der Waals surface area (Å²) >= 11 is 0. The van der Waals surface area contributed by atoms with E-state index in [4.69, 9.17) is 0 Å². The first-order chi connectivity index (χ1) is 15.4. The first-order valence-corrected chi connectivity index (χ1v) is 11.4. The van der Waals surface area contributed by atoms with Crippen molar-refractivity contribution in [3.05, 3.63) is 102 Å². The molecule has 1 atom stereocenters. The summed E-state index contributed by atoms with van der Waals surface area (Å²) < 4.78 is 28.3. The molecular formula is C25H20N3O3S. The van der Waals surface area contributed by atoms with Gasteiger partial charge in [0.05, 0.1) is 23.4 Å². The molecular weight excluding hydrogens is 422 g/mol. The van der Waals surface area contributed by atoms with E-state index in [-0.39, 0.29) is 23.8 Å². The molecule has 0 fully saturated rings. The van der Waals surface area contributed by atoms with Crippen LogP contribution >= 0.6 is 0 Å². The van der Waals surface area contributed by atoms with E-state index in [1.165, 1.54) is 28.6 Å². The third-order valence-electron chi connectivity index (χ3n) is 5.36. The van der Waals surface area contributed by atoms with E-state index >= 15 is 0 Å². The molecule has 32 heavy (non-hydrogen) atoms. The Bertz CT molecular complexity index is 1310. The van der Waals surface area contributed by atoms with Crippen molar-refractivity contribution in [3.8, 4) is 6.07 Å². The van der Waals surface area contributed by atoms with Crippen molar-refractivity contribution in [2.45, 2.75) is 17.4 Å². The molecule has 0 spiro atoms. The summed E-state index contributed by atoms with van der Waals surface area (Å²) in [7, 11) is -3.93. The van der Waals surface area contributed by atoms with Crippen LogP contribution < -0.4 is 5.32 Å². The van der Waals surface area contributed by atoms with Crippen molar-refractivity contribution >= 4 is 27.2 Å². The first kappa shape index (κ1) is 21.5. The third kappa shape index (κ3) is 4.06. The van der Waals surface area contributed by atoms with Gasteiger partial charge < -0.3 is 5.32 Å². The van der Waals surface area contributed by atoms with Gasteiger partial charge in [0.2, 0.25) is 10.0 Å². The van der Waals surface area contributed by atoms with Gasteiger partial charge in [-0.2, -0.15) is 9.57 Å². The minimum absolute atomic E-state index is 0.0254. The van der Waals surface area contributed by atoms with E-state index in [1.807, 2.05) is 24.3 Å².